The van der Waals surface area contributed by atoms with Crippen LogP contribution in [0.2, 0.25) is 0 Å². The van der Waals surface area contributed by atoms with Crippen LogP contribution in [0.4, 0.5) is 0 Å². The monoisotopic (exact) mass is 560 g/mol. The van der Waals surface area contributed by atoms with Crippen LogP contribution in [0, 0.1) is 0 Å². The normalized spacial score (nSPS) is 10.5. The largest absolute Gasteiger partial charge is 0.490 e. The van der Waals surface area contributed by atoms with E-state index in [1.165, 1.54) is 18.9 Å². The molecule has 1 aromatic heterocycles. The highest BCUT2D eigenvalue weighted by molar-refractivity contribution is 9.10. The van der Waals surface area contributed by atoms with E-state index < -0.39 is 17.9 Å². The zero-order valence-electron chi connectivity index (χ0n) is 20.2. The number of halogens is 1. The molecule has 2 aromatic carbocycles. The minimum absolute atomic E-state index is 0.0865. The molecular weight excluding hydrogens is 536 g/mol. The van der Waals surface area contributed by atoms with Gasteiger partial charge in [0.05, 0.1) is 33.1 Å². The number of carbonyl (C=O) groups excluding carboxylic acids is 3. The van der Waals surface area contributed by atoms with E-state index in [0.29, 0.717) is 28.1 Å². The number of para-hydroxylation sites is 1. The number of ether oxygens (including phenoxy) is 5. The fourth-order valence-electron chi connectivity index (χ4n) is 3.38. The summed E-state index contributed by atoms with van der Waals surface area (Å²) in [6.45, 7) is 3.70. The standard InChI is InChI=1S/C25H25BrN2O8/c1-5-34-18-12-16(17(26)13-19(18)36-14-20(29)35-6-2)22-21(24(30)32-3)23(25(31)33-4)28(27-22)15-10-8-7-9-11-15/h7-13H,5-6,14H2,1-4H3. The number of carbonyl (C=O) groups is 3. The molecule has 0 fully saturated rings. The summed E-state index contributed by atoms with van der Waals surface area (Å²) in [5.41, 5.74) is 0.914. The molecule has 0 aliphatic rings. The maximum absolute atomic E-state index is 12.9. The maximum atomic E-state index is 12.9. The van der Waals surface area contributed by atoms with Crippen LogP contribution in [-0.2, 0) is 19.0 Å². The number of nitrogens with zero attached hydrogens (tertiary/aromatic N) is 2. The molecule has 3 rings (SSSR count). The molecule has 0 aliphatic carbocycles. The van der Waals surface area contributed by atoms with Gasteiger partial charge < -0.3 is 23.7 Å². The molecule has 0 N–H and O–H groups in total. The Kier molecular flexibility index (Phi) is 9.07. The molecule has 3 aromatic rings. The third-order valence-electron chi connectivity index (χ3n) is 4.89. The topological polar surface area (TPSA) is 115 Å². The van der Waals surface area contributed by atoms with Gasteiger partial charge in [-0.05, 0) is 54.0 Å². The second-order valence-corrected chi connectivity index (χ2v) is 7.96. The summed E-state index contributed by atoms with van der Waals surface area (Å²) >= 11 is 3.49. The van der Waals surface area contributed by atoms with E-state index >= 15 is 0 Å². The Hall–Kier alpha value is -3.86. The summed E-state index contributed by atoms with van der Waals surface area (Å²) < 4.78 is 28.0. The Morgan fingerprint density at radius 3 is 2.19 bits per heavy atom. The summed E-state index contributed by atoms with van der Waals surface area (Å²) in [7, 11) is 2.42. The van der Waals surface area contributed by atoms with Crippen molar-refractivity contribution in [3.8, 4) is 28.4 Å². The van der Waals surface area contributed by atoms with Gasteiger partial charge in [-0.1, -0.05) is 18.2 Å². The summed E-state index contributed by atoms with van der Waals surface area (Å²) in [6.07, 6.45) is 0. The van der Waals surface area contributed by atoms with Crippen LogP contribution in [0.15, 0.2) is 46.9 Å². The smallest absolute Gasteiger partial charge is 0.357 e. The molecule has 1 heterocycles. The van der Waals surface area contributed by atoms with Crippen molar-refractivity contribution in [3.63, 3.8) is 0 Å². The molecule has 0 spiro atoms. The van der Waals surface area contributed by atoms with Crippen LogP contribution in [0.1, 0.15) is 34.7 Å². The predicted molar refractivity (Wildman–Crippen MR) is 133 cm³/mol. The number of methoxy groups -OCH3 is 2. The van der Waals surface area contributed by atoms with Gasteiger partial charge in [0.2, 0.25) is 0 Å². The highest BCUT2D eigenvalue weighted by atomic mass is 79.9. The average Bonchev–Trinajstić information content (AvgIpc) is 3.29. The van der Waals surface area contributed by atoms with E-state index in [0.717, 1.165) is 0 Å². The lowest BCUT2D eigenvalue weighted by molar-refractivity contribution is -0.145. The number of hydrogen-bond acceptors (Lipinski definition) is 9. The lowest BCUT2D eigenvalue weighted by Crippen LogP contribution is -2.15. The third-order valence-corrected chi connectivity index (χ3v) is 5.55. The molecule has 0 radical (unpaired) electrons. The number of benzene rings is 2. The van der Waals surface area contributed by atoms with Crippen molar-refractivity contribution in [2.45, 2.75) is 13.8 Å². The molecule has 36 heavy (non-hydrogen) atoms. The summed E-state index contributed by atoms with van der Waals surface area (Å²) in [5.74, 6) is -1.51. The molecule has 10 nitrogen and oxygen atoms in total. The van der Waals surface area contributed by atoms with E-state index in [1.54, 1.807) is 50.2 Å². The first-order valence-corrected chi connectivity index (χ1v) is 11.8. The lowest BCUT2D eigenvalue weighted by atomic mass is 10.0. The highest BCUT2D eigenvalue weighted by Crippen LogP contribution is 2.41. The summed E-state index contributed by atoms with van der Waals surface area (Å²) in [5, 5.41) is 4.59. The Morgan fingerprint density at radius 2 is 1.58 bits per heavy atom. The molecule has 0 unspecified atom stereocenters. The van der Waals surface area contributed by atoms with Crippen molar-refractivity contribution in [2.24, 2.45) is 0 Å². The minimum atomic E-state index is -0.778. The first-order valence-electron chi connectivity index (χ1n) is 11.0. The lowest BCUT2D eigenvalue weighted by Gasteiger charge is -2.14. The van der Waals surface area contributed by atoms with Crippen molar-refractivity contribution in [2.75, 3.05) is 34.0 Å². The summed E-state index contributed by atoms with van der Waals surface area (Å²) in [4.78, 5) is 37.5. The van der Waals surface area contributed by atoms with Crippen molar-refractivity contribution in [1.82, 2.24) is 9.78 Å². The molecule has 0 atom stereocenters. The fourth-order valence-corrected chi connectivity index (χ4v) is 3.89. The first-order chi connectivity index (χ1) is 17.4. The molecule has 0 aliphatic heterocycles. The second-order valence-electron chi connectivity index (χ2n) is 7.11. The van der Waals surface area contributed by atoms with Crippen molar-refractivity contribution < 1.29 is 38.1 Å². The van der Waals surface area contributed by atoms with E-state index in [9.17, 15) is 14.4 Å². The van der Waals surface area contributed by atoms with Crippen LogP contribution in [0.25, 0.3) is 16.9 Å². The number of esters is 3. The summed E-state index contributed by atoms with van der Waals surface area (Å²) in [6, 6.07) is 12.0. The van der Waals surface area contributed by atoms with Gasteiger partial charge in [0.25, 0.3) is 0 Å². The van der Waals surface area contributed by atoms with E-state index in [-0.39, 0.29) is 35.9 Å². The number of rotatable bonds is 10. The van der Waals surface area contributed by atoms with Crippen LogP contribution >= 0.6 is 15.9 Å². The maximum Gasteiger partial charge on any atom is 0.357 e. The molecular formula is C25H25BrN2O8. The van der Waals surface area contributed by atoms with Crippen molar-refractivity contribution in [3.05, 3.63) is 58.2 Å². The van der Waals surface area contributed by atoms with Gasteiger partial charge in [0.1, 0.15) is 11.3 Å². The minimum Gasteiger partial charge on any atom is -0.490 e. The van der Waals surface area contributed by atoms with Gasteiger partial charge in [-0.25, -0.2) is 19.1 Å². The van der Waals surface area contributed by atoms with Crippen LogP contribution in [0.3, 0.4) is 0 Å². The fraction of sp³-hybridized carbons (Fsp3) is 0.280. The predicted octanol–water partition coefficient (Wildman–Crippen LogP) is 4.22. The number of aromatic nitrogens is 2. The van der Waals surface area contributed by atoms with E-state index in [2.05, 4.69) is 21.0 Å². The van der Waals surface area contributed by atoms with Gasteiger partial charge in [0.15, 0.2) is 23.8 Å². The second kappa shape index (κ2) is 12.2. The number of hydrogen-bond donors (Lipinski definition) is 0. The zero-order chi connectivity index (χ0) is 26.2. The molecule has 11 heteroatoms. The van der Waals surface area contributed by atoms with Crippen LogP contribution < -0.4 is 9.47 Å². The van der Waals surface area contributed by atoms with Crippen molar-refractivity contribution in [1.29, 1.82) is 0 Å². The van der Waals surface area contributed by atoms with Gasteiger partial charge in [-0.3, -0.25) is 0 Å². The Bertz CT molecular complexity index is 1260. The van der Waals surface area contributed by atoms with E-state index in [1.807, 2.05) is 6.07 Å². The van der Waals surface area contributed by atoms with Crippen LogP contribution in [0.5, 0.6) is 11.5 Å². The van der Waals surface area contributed by atoms with Gasteiger partial charge in [-0.2, -0.15) is 5.10 Å². The average molecular weight is 561 g/mol. The zero-order valence-corrected chi connectivity index (χ0v) is 21.8. The molecule has 0 amide bonds. The van der Waals surface area contributed by atoms with Gasteiger partial charge in [-0.15, -0.1) is 0 Å². The molecule has 0 saturated carbocycles. The Morgan fingerprint density at radius 1 is 0.917 bits per heavy atom. The molecule has 0 bridgehead atoms. The van der Waals surface area contributed by atoms with E-state index in [4.69, 9.17) is 23.7 Å². The first kappa shape index (κ1) is 26.7. The Labute approximate surface area is 216 Å². The third kappa shape index (κ3) is 5.68. The van der Waals surface area contributed by atoms with Crippen molar-refractivity contribution >= 4 is 33.8 Å². The molecule has 0 saturated heterocycles. The quantitative estimate of drug-likeness (QED) is 0.265. The molecule has 190 valence electrons. The van der Waals surface area contributed by atoms with Gasteiger partial charge in [0, 0.05) is 10.0 Å². The van der Waals surface area contributed by atoms with Gasteiger partial charge >= 0.3 is 17.9 Å². The highest BCUT2D eigenvalue weighted by Gasteiger charge is 2.32. The Balaban J connectivity index is 2.23. The SMILES string of the molecule is CCOC(=O)COc1cc(Br)c(-c2nn(-c3ccccc3)c(C(=O)OC)c2C(=O)OC)cc1OCC. The van der Waals surface area contributed by atoms with Crippen LogP contribution in [-0.4, -0.2) is 61.7 Å².